The van der Waals surface area contributed by atoms with Crippen molar-refractivity contribution in [3.8, 4) is 28.6 Å². The molecule has 1 saturated heterocycles. The third-order valence-electron chi connectivity index (χ3n) is 15.7. The number of hydrogen-bond acceptors (Lipinski definition) is 6. The number of phenolic OH excluding ortho intramolecular Hbond substituents is 2. The van der Waals surface area contributed by atoms with Crippen LogP contribution in [0.2, 0.25) is 0 Å². The van der Waals surface area contributed by atoms with E-state index in [1.54, 1.807) is 11.6 Å². The zero-order valence-corrected chi connectivity index (χ0v) is 35.6. The number of aromatic nitrogens is 4. The first-order chi connectivity index (χ1) is 27.9. The van der Waals surface area contributed by atoms with Crippen molar-refractivity contribution < 1.29 is 14.9 Å². The van der Waals surface area contributed by atoms with Crippen LogP contribution in [0.3, 0.4) is 0 Å². The molecule has 0 radical (unpaired) electrons. The number of phenols is 2. The molecule has 3 saturated carbocycles. The zero-order chi connectivity index (χ0) is 40.3. The minimum Gasteiger partial charge on any atom is -0.508 e. The summed E-state index contributed by atoms with van der Waals surface area (Å²) >= 11 is 0. The van der Waals surface area contributed by atoms with E-state index in [1.165, 1.54) is 60.3 Å². The molecule has 9 rings (SSSR count). The summed E-state index contributed by atoms with van der Waals surface area (Å²) in [6, 6.07) is 15.5. The number of hydrogen-bond donors (Lipinski definition) is 3. The number of benzene rings is 2. The van der Waals surface area contributed by atoms with Crippen molar-refractivity contribution in [1.29, 1.82) is 0 Å². The van der Waals surface area contributed by atoms with E-state index in [1.807, 2.05) is 32.2 Å². The van der Waals surface area contributed by atoms with Gasteiger partial charge in [-0.1, -0.05) is 66.4 Å². The summed E-state index contributed by atoms with van der Waals surface area (Å²) in [4.78, 5) is 19.8. The van der Waals surface area contributed by atoms with Crippen LogP contribution in [0.1, 0.15) is 120 Å². The number of fused-ring (bicyclic) bond motifs is 5. The highest BCUT2D eigenvalue weighted by atomic mass is 31.0. The number of ether oxygens (including phenoxy) is 1. The van der Waals surface area contributed by atoms with Gasteiger partial charge in [0.2, 0.25) is 0 Å². The molecule has 9 nitrogen and oxygen atoms in total. The molecule has 3 N–H and O–H groups in total. The van der Waals surface area contributed by atoms with Gasteiger partial charge >= 0.3 is 5.69 Å². The maximum Gasteiger partial charge on any atom is 0.348 e. The average molecular weight is 802 g/mol. The Labute approximate surface area is 345 Å². The summed E-state index contributed by atoms with van der Waals surface area (Å²) in [7, 11) is 3.95. The Kier molecular flexibility index (Phi) is 10.6. The maximum atomic E-state index is 12.9. The van der Waals surface area contributed by atoms with E-state index >= 15 is 0 Å². The van der Waals surface area contributed by atoms with E-state index in [4.69, 9.17) is 4.74 Å². The number of piperidine rings is 1. The summed E-state index contributed by atoms with van der Waals surface area (Å²) in [5.41, 5.74) is 7.26. The number of aromatic hydroxyl groups is 2. The lowest BCUT2D eigenvalue weighted by atomic mass is 9.47. The molecule has 5 aliphatic rings. The monoisotopic (exact) mass is 801 g/mol. The van der Waals surface area contributed by atoms with Crippen LogP contribution in [0.15, 0.2) is 77.4 Å². The molecule has 0 spiro atoms. The van der Waals surface area contributed by atoms with Gasteiger partial charge in [0.25, 0.3) is 0 Å². The zero-order valence-electron chi connectivity index (χ0n) is 34.6. The predicted molar refractivity (Wildman–Crippen MR) is 232 cm³/mol. The van der Waals surface area contributed by atoms with E-state index in [0.717, 1.165) is 68.6 Å². The lowest BCUT2D eigenvalue weighted by Gasteiger charge is -2.58. The van der Waals surface area contributed by atoms with Crippen LogP contribution >= 0.6 is 8.86 Å². The molecule has 10 heteroatoms. The molecular weight excluding hydrogens is 742 g/mol. The van der Waals surface area contributed by atoms with Gasteiger partial charge in [-0.2, -0.15) is 5.10 Å². The van der Waals surface area contributed by atoms with Gasteiger partial charge in [-0.25, -0.2) is 14.5 Å². The summed E-state index contributed by atoms with van der Waals surface area (Å²) in [6.07, 6.45) is 20.0. The fourth-order valence-corrected chi connectivity index (χ4v) is 12.9. The van der Waals surface area contributed by atoms with Gasteiger partial charge in [0.15, 0.2) is 5.82 Å². The maximum absolute atomic E-state index is 12.9. The number of H-pyrrole nitrogens is 1. The van der Waals surface area contributed by atoms with E-state index in [2.05, 4.69) is 79.3 Å². The van der Waals surface area contributed by atoms with Gasteiger partial charge in [0.1, 0.15) is 17.1 Å². The minimum absolute atomic E-state index is 0.0206. The Hall–Kier alpha value is -4.04. The van der Waals surface area contributed by atoms with Crippen molar-refractivity contribution in [1.82, 2.24) is 24.6 Å². The smallest absolute Gasteiger partial charge is 0.348 e. The summed E-state index contributed by atoms with van der Waals surface area (Å²) < 4.78 is 8.21. The van der Waals surface area contributed by atoms with Crippen LogP contribution < -0.4 is 5.69 Å². The van der Waals surface area contributed by atoms with E-state index in [-0.39, 0.29) is 29.2 Å². The molecule has 4 fully saturated rings. The molecular formula is C48H60N5O4P. The molecule has 1 aliphatic heterocycles. The molecule has 4 aliphatic carbocycles. The normalized spacial score (nSPS) is 30.1. The quantitative estimate of drug-likeness (QED) is 0.114. The predicted octanol–water partition coefficient (Wildman–Crippen LogP) is 9.77. The van der Waals surface area contributed by atoms with Gasteiger partial charge in [0, 0.05) is 31.5 Å². The van der Waals surface area contributed by atoms with Crippen molar-refractivity contribution in [2.24, 2.45) is 34.5 Å². The summed E-state index contributed by atoms with van der Waals surface area (Å²) in [5.74, 6) is 3.80. The van der Waals surface area contributed by atoms with Crippen LogP contribution in [0.25, 0.3) is 17.1 Å². The summed E-state index contributed by atoms with van der Waals surface area (Å²) in [6.45, 7) is 11.1. The highest BCUT2D eigenvalue weighted by Gasteiger charge is 2.59. The van der Waals surface area contributed by atoms with Crippen molar-refractivity contribution in [3.05, 3.63) is 99.7 Å². The van der Waals surface area contributed by atoms with Gasteiger partial charge in [-0.3, -0.25) is 9.88 Å². The Morgan fingerprint density at radius 1 is 0.983 bits per heavy atom. The average Bonchev–Trinajstić information content (AvgIpc) is 3.78. The van der Waals surface area contributed by atoms with E-state index in [9.17, 15) is 15.0 Å². The first-order valence-electron chi connectivity index (χ1n) is 21.9. The fraction of sp³-hybridized carbons (Fsp3) is 0.542. The highest BCUT2D eigenvalue weighted by Crippen LogP contribution is 2.68. The Bertz CT molecular complexity index is 2240. The second kappa shape index (κ2) is 15.5. The molecule has 2 aromatic heterocycles. The van der Waals surface area contributed by atoms with Crippen LogP contribution in [-0.2, 0) is 11.2 Å². The molecule has 0 amide bonds. The van der Waals surface area contributed by atoms with Crippen LogP contribution in [0.4, 0.5) is 0 Å². The molecule has 3 heterocycles. The lowest BCUT2D eigenvalue weighted by molar-refractivity contribution is -0.0407. The van der Waals surface area contributed by atoms with Crippen molar-refractivity contribution in [2.75, 3.05) is 13.1 Å². The number of rotatable bonds is 9. The topological polar surface area (TPSA) is 117 Å². The largest absolute Gasteiger partial charge is 0.508 e. The number of allylic oxidation sites excluding steroid dienone is 1. The Morgan fingerprint density at radius 3 is 2.52 bits per heavy atom. The standard InChI is InChI=1S/C48H60N5O4P/c1-29(2)37-26-38(43(55)27-42(37)54)44-50-51-45(56)53(44)34-10-7-30(8-11-34)24-31-17-22-52(23-18-31)46(58)57-35-15-19-47(3)33(25-35)9-12-36-40-14-13-39(32-6-5-21-49-28-32)48(40,4)20-16-41(36)47/h5-11,21,26-29,31,35-36,39-41,54-55,58H,12-20,22-25H2,1-4H3,(H,51,56)/t35?,36?,39?,40-,41-,47?,48?/m0/s1. The fourth-order valence-electron chi connectivity index (χ4n) is 12.5. The third-order valence-corrected chi connectivity index (χ3v) is 16.2. The third kappa shape index (κ3) is 6.99. The van der Waals surface area contributed by atoms with Crippen molar-refractivity contribution in [2.45, 2.75) is 116 Å². The second-order valence-corrected chi connectivity index (χ2v) is 19.5. The molecule has 0 bridgehead atoms. The number of likely N-dealkylation sites (tertiary alicyclic amines) is 1. The SMILES string of the molecule is CC(C)c1cc(-c2n[nH]c(=O)n2-c2ccc(CC3CCN(C(=P)OC4CCC5(C)C(=CCC6[C@@H]5CCC5(C)C(c7cccnc7)CC[C@@H]65)C4)CC3)cc2)c(O)cc1O. The number of nitrogens with one attached hydrogen (secondary N) is 1. The van der Waals surface area contributed by atoms with Gasteiger partial charge in [0.05, 0.1) is 17.4 Å². The van der Waals surface area contributed by atoms with Gasteiger partial charge in [-0.15, -0.1) is 0 Å². The molecule has 2 aromatic carbocycles. The Morgan fingerprint density at radius 2 is 1.78 bits per heavy atom. The number of nitrogens with zero attached hydrogens (tertiary/aromatic N) is 4. The number of pyridine rings is 1. The van der Waals surface area contributed by atoms with E-state index < -0.39 is 0 Å². The van der Waals surface area contributed by atoms with E-state index in [0.29, 0.717) is 45.3 Å². The first kappa shape index (κ1) is 39.4. The van der Waals surface area contributed by atoms with Gasteiger partial charge in [-0.05, 0) is 158 Å². The molecule has 5 unspecified atom stereocenters. The summed E-state index contributed by atoms with van der Waals surface area (Å²) in [5, 5.41) is 27.8. The molecule has 58 heavy (non-hydrogen) atoms. The van der Waals surface area contributed by atoms with Gasteiger partial charge < -0.3 is 14.9 Å². The van der Waals surface area contributed by atoms with Crippen LogP contribution in [-0.4, -0.2) is 59.7 Å². The lowest BCUT2D eigenvalue weighted by Crippen LogP contribution is -2.50. The molecule has 7 atom stereocenters. The van der Waals surface area contributed by atoms with Crippen LogP contribution in [0.5, 0.6) is 11.5 Å². The first-order valence-corrected chi connectivity index (χ1v) is 22.4. The Balaban J connectivity index is 0.784. The minimum atomic E-state index is -0.389. The van der Waals surface area contributed by atoms with Crippen molar-refractivity contribution >= 4 is 14.5 Å². The molecule has 306 valence electrons. The molecule has 4 aromatic rings. The highest BCUT2D eigenvalue weighted by molar-refractivity contribution is 7.20. The number of aromatic amines is 1. The van der Waals surface area contributed by atoms with Crippen LogP contribution in [0, 0.1) is 34.5 Å². The second-order valence-electron chi connectivity index (χ2n) is 19.1. The van der Waals surface area contributed by atoms with Crippen molar-refractivity contribution in [3.63, 3.8) is 0 Å².